The van der Waals surface area contributed by atoms with Gasteiger partial charge in [0.05, 0.1) is 22.1 Å². The standard InChI is InChI=1S/C18H18N4O3S/c1-21-13-8-4-5-9-14(13)26-18(21)20-19-15(23)10-22-16(24)11-6-2-3-7-12(11)17(22)25/h2-5,8-9,11-12H,6-7,10H2,1H3,(H,19,23)/b20-18-. The number of para-hydroxylation sites is 1. The number of aromatic nitrogens is 1. The molecular weight excluding hydrogens is 352 g/mol. The first-order chi connectivity index (χ1) is 12.6. The molecule has 26 heavy (non-hydrogen) atoms. The Hall–Kier alpha value is -2.74. The van der Waals surface area contributed by atoms with Gasteiger partial charge in [0.2, 0.25) is 16.6 Å². The molecule has 2 atom stereocenters. The summed E-state index contributed by atoms with van der Waals surface area (Å²) in [5, 5.41) is 4.15. The zero-order valence-corrected chi connectivity index (χ0v) is 15.0. The predicted octanol–water partition coefficient (Wildman–Crippen LogP) is 1.12. The summed E-state index contributed by atoms with van der Waals surface area (Å²) >= 11 is 1.45. The lowest BCUT2D eigenvalue weighted by Gasteiger charge is -2.14. The highest BCUT2D eigenvalue weighted by Gasteiger charge is 2.47. The van der Waals surface area contributed by atoms with Crippen molar-refractivity contribution < 1.29 is 14.4 Å². The normalized spacial score (nSPS) is 23.0. The Labute approximate surface area is 153 Å². The topological polar surface area (TPSA) is 83.8 Å². The van der Waals surface area contributed by atoms with Gasteiger partial charge in [0, 0.05) is 7.05 Å². The van der Waals surface area contributed by atoms with E-state index in [4.69, 9.17) is 0 Å². The molecule has 7 nitrogen and oxygen atoms in total. The van der Waals surface area contributed by atoms with Crippen molar-refractivity contribution in [2.24, 2.45) is 24.0 Å². The number of allylic oxidation sites excluding steroid dienone is 2. The molecule has 134 valence electrons. The number of nitrogens with zero attached hydrogens (tertiary/aromatic N) is 3. The monoisotopic (exact) mass is 370 g/mol. The molecule has 0 saturated carbocycles. The van der Waals surface area contributed by atoms with Crippen molar-refractivity contribution in [1.82, 2.24) is 14.9 Å². The van der Waals surface area contributed by atoms with Crippen molar-refractivity contribution in [3.8, 4) is 0 Å². The molecule has 1 aliphatic heterocycles. The van der Waals surface area contributed by atoms with E-state index in [0.29, 0.717) is 17.6 Å². The summed E-state index contributed by atoms with van der Waals surface area (Å²) in [5.74, 6) is -1.63. The molecule has 2 aromatic rings. The van der Waals surface area contributed by atoms with Crippen molar-refractivity contribution in [3.05, 3.63) is 41.2 Å². The van der Waals surface area contributed by atoms with Crippen molar-refractivity contribution in [3.63, 3.8) is 0 Å². The Morgan fingerprint density at radius 1 is 1.19 bits per heavy atom. The number of imide groups is 1. The maximum absolute atomic E-state index is 12.4. The number of nitrogens with one attached hydrogen (secondary N) is 1. The van der Waals surface area contributed by atoms with Gasteiger partial charge < -0.3 is 4.57 Å². The first-order valence-electron chi connectivity index (χ1n) is 8.43. The van der Waals surface area contributed by atoms with E-state index >= 15 is 0 Å². The van der Waals surface area contributed by atoms with Crippen LogP contribution in [0.15, 0.2) is 41.5 Å². The third-order valence-corrected chi connectivity index (χ3v) is 6.00. The molecule has 1 N–H and O–H groups in total. The van der Waals surface area contributed by atoms with Crippen LogP contribution in [-0.2, 0) is 21.4 Å². The lowest BCUT2D eigenvalue weighted by molar-refractivity contribution is -0.143. The molecule has 1 aromatic heterocycles. The average Bonchev–Trinajstić information content (AvgIpc) is 3.10. The molecule has 0 bridgehead atoms. The highest BCUT2D eigenvalue weighted by molar-refractivity contribution is 7.16. The fraction of sp³-hybridized carbons (Fsp3) is 0.333. The fourth-order valence-corrected chi connectivity index (χ4v) is 4.48. The van der Waals surface area contributed by atoms with Crippen LogP contribution in [0.5, 0.6) is 0 Å². The van der Waals surface area contributed by atoms with E-state index in [-0.39, 0.29) is 30.2 Å². The number of carbonyl (C=O) groups is 3. The van der Waals surface area contributed by atoms with E-state index in [1.807, 2.05) is 48.0 Å². The quantitative estimate of drug-likeness (QED) is 0.499. The van der Waals surface area contributed by atoms with Crippen LogP contribution < -0.4 is 10.2 Å². The van der Waals surface area contributed by atoms with Gasteiger partial charge in [-0.15, -0.1) is 5.10 Å². The van der Waals surface area contributed by atoms with Gasteiger partial charge in [-0.3, -0.25) is 19.3 Å². The second-order valence-electron chi connectivity index (χ2n) is 6.48. The van der Waals surface area contributed by atoms with E-state index in [0.717, 1.165) is 15.1 Å². The second kappa shape index (κ2) is 6.53. The van der Waals surface area contributed by atoms with Gasteiger partial charge in [-0.1, -0.05) is 35.6 Å². The smallest absolute Gasteiger partial charge is 0.260 e. The molecule has 1 aromatic carbocycles. The molecule has 0 spiro atoms. The van der Waals surface area contributed by atoms with Crippen molar-refractivity contribution in [1.29, 1.82) is 0 Å². The minimum absolute atomic E-state index is 0.257. The first-order valence-corrected chi connectivity index (χ1v) is 9.25. The van der Waals surface area contributed by atoms with Gasteiger partial charge in [-0.05, 0) is 25.0 Å². The summed E-state index contributed by atoms with van der Waals surface area (Å²) < 4.78 is 2.94. The fourth-order valence-electron chi connectivity index (χ4n) is 3.50. The first kappa shape index (κ1) is 16.7. The lowest BCUT2D eigenvalue weighted by Crippen LogP contribution is -2.40. The average molecular weight is 370 g/mol. The number of amides is 3. The van der Waals surface area contributed by atoms with E-state index in [2.05, 4.69) is 10.5 Å². The molecule has 1 saturated heterocycles. The third-order valence-electron chi connectivity index (χ3n) is 4.89. The second-order valence-corrected chi connectivity index (χ2v) is 7.49. The SMILES string of the molecule is Cn1/c(=N/NC(=O)CN2C(=O)C3CC=CCC3C2=O)sc2ccccc21. The Morgan fingerprint density at radius 2 is 1.85 bits per heavy atom. The summed E-state index contributed by atoms with van der Waals surface area (Å²) in [6.45, 7) is -0.289. The van der Waals surface area contributed by atoms with Crippen LogP contribution in [0.25, 0.3) is 10.2 Å². The molecule has 1 fully saturated rings. The van der Waals surface area contributed by atoms with Crippen LogP contribution in [0.3, 0.4) is 0 Å². The van der Waals surface area contributed by atoms with Crippen LogP contribution in [0, 0.1) is 11.8 Å². The van der Waals surface area contributed by atoms with Crippen LogP contribution in [0.2, 0.25) is 0 Å². The molecule has 3 amide bonds. The predicted molar refractivity (Wildman–Crippen MR) is 96.6 cm³/mol. The number of hydrogen-bond donors (Lipinski definition) is 1. The molecule has 8 heteroatoms. The maximum Gasteiger partial charge on any atom is 0.260 e. The summed E-state index contributed by atoms with van der Waals surface area (Å²) in [4.78, 5) is 38.7. The summed E-state index contributed by atoms with van der Waals surface area (Å²) in [6.07, 6.45) is 4.98. The largest absolute Gasteiger partial charge is 0.318 e. The number of fused-ring (bicyclic) bond motifs is 2. The van der Waals surface area contributed by atoms with Crippen molar-refractivity contribution in [2.45, 2.75) is 12.8 Å². The molecule has 1 aliphatic carbocycles. The molecule has 2 aliphatic rings. The van der Waals surface area contributed by atoms with Crippen LogP contribution >= 0.6 is 11.3 Å². The van der Waals surface area contributed by atoms with Gasteiger partial charge in [-0.2, -0.15) is 0 Å². The summed E-state index contributed by atoms with van der Waals surface area (Å²) in [6, 6.07) is 7.85. The molecule has 2 unspecified atom stereocenters. The Morgan fingerprint density at radius 3 is 2.50 bits per heavy atom. The minimum Gasteiger partial charge on any atom is -0.318 e. The number of hydrogen-bond acceptors (Lipinski definition) is 5. The van der Waals surface area contributed by atoms with E-state index < -0.39 is 5.91 Å². The van der Waals surface area contributed by atoms with Gasteiger partial charge in [0.15, 0.2) is 0 Å². The highest BCUT2D eigenvalue weighted by Crippen LogP contribution is 2.34. The van der Waals surface area contributed by atoms with Gasteiger partial charge in [0.1, 0.15) is 6.54 Å². The molecule has 4 rings (SSSR count). The van der Waals surface area contributed by atoms with E-state index in [1.54, 1.807) is 0 Å². The van der Waals surface area contributed by atoms with E-state index in [9.17, 15) is 14.4 Å². The van der Waals surface area contributed by atoms with E-state index in [1.165, 1.54) is 11.3 Å². The zero-order valence-electron chi connectivity index (χ0n) is 14.2. The number of aryl methyl sites for hydroxylation is 1. The molecule has 0 radical (unpaired) electrons. The van der Waals surface area contributed by atoms with Gasteiger partial charge in [0.25, 0.3) is 5.91 Å². The molecular formula is C18H18N4O3S. The number of carbonyl (C=O) groups excluding carboxylic acids is 3. The highest BCUT2D eigenvalue weighted by atomic mass is 32.1. The lowest BCUT2D eigenvalue weighted by atomic mass is 9.85. The minimum atomic E-state index is -0.476. The van der Waals surface area contributed by atoms with Crippen LogP contribution in [0.1, 0.15) is 12.8 Å². The van der Waals surface area contributed by atoms with Gasteiger partial charge in [-0.25, -0.2) is 5.43 Å². The number of benzene rings is 1. The van der Waals surface area contributed by atoms with Gasteiger partial charge >= 0.3 is 0 Å². The number of thiazole rings is 1. The van der Waals surface area contributed by atoms with Crippen LogP contribution in [-0.4, -0.2) is 33.7 Å². The zero-order chi connectivity index (χ0) is 18.3. The Balaban J connectivity index is 1.48. The van der Waals surface area contributed by atoms with Crippen LogP contribution in [0.4, 0.5) is 0 Å². The molecule has 2 heterocycles. The van der Waals surface area contributed by atoms with Crippen molar-refractivity contribution in [2.75, 3.05) is 6.54 Å². The third kappa shape index (κ3) is 2.76. The van der Waals surface area contributed by atoms with Crippen molar-refractivity contribution >= 4 is 39.3 Å². The maximum atomic E-state index is 12.4. The Bertz CT molecular complexity index is 977. The Kier molecular flexibility index (Phi) is 4.20. The summed E-state index contributed by atoms with van der Waals surface area (Å²) in [7, 11) is 1.87. The summed E-state index contributed by atoms with van der Waals surface area (Å²) in [5.41, 5.74) is 3.48. The number of rotatable bonds is 3. The number of likely N-dealkylation sites (tertiary alicyclic amines) is 1.